The highest BCUT2D eigenvalue weighted by atomic mass is 127. The van der Waals surface area contributed by atoms with Gasteiger partial charge in [-0.3, -0.25) is 0 Å². The molecule has 1 aromatic heterocycles. The average molecular weight is 316 g/mol. The maximum Gasteiger partial charge on any atom is 0.354 e. The van der Waals surface area contributed by atoms with E-state index in [1.807, 2.05) is 12.1 Å². The zero-order chi connectivity index (χ0) is 11.0. The number of nitrogen functional groups attached to an aromatic ring is 1. The zero-order valence-corrected chi connectivity index (χ0v) is 10.2. The molecule has 2 aromatic rings. The van der Waals surface area contributed by atoms with Crippen molar-refractivity contribution >= 4 is 45.2 Å². The smallest absolute Gasteiger partial charge is 0.354 e. The van der Waals surface area contributed by atoms with Crippen LogP contribution in [0.25, 0.3) is 10.9 Å². The third-order valence-electron chi connectivity index (χ3n) is 2.14. The molecule has 2 rings (SSSR count). The van der Waals surface area contributed by atoms with Gasteiger partial charge in [-0.1, -0.05) is 0 Å². The van der Waals surface area contributed by atoms with E-state index in [1.165, 1.54) is 7.11 Å². The second kappa shape index (κ2) is 3.73. The summed E-state index contributed by atoms with van der Waals surface area (Å²) >= 11 is 2.15. The van der Waals surface area contributed by atoms with Crippen molar-refractivity contribution in [1.82, 2.24) is 4.98 Å². The number of aromatic amines is 1. The van der Waals surface area contributed by atoms with E-state index >= 15 is 0 Å². The third kappa shape index (κ3) is 1.79. The van der Waals surface area contributed by atoms with Gasteiger partial charge in [0.25, 0.3) is 0 Å². The van der Waals surface area contributed by atoms with Gasteiger partial charge in [0.2, 0.25) is 0 Å². The molecule has 0 aliphatic carbocycles. The van der Waals surface area contributed by atoms with Gasteiger partial charge in [0, 0.05) is 20.2 Å². The molecule has 0 radical (unpaired) electrons. The standard InChI is InChI=1S/C10H9IN2O2/c1-15-10(14)9-3-5-2-6(11)7(12)4-8(5)13-9/h2-4,13H,12H2,1H3. The Kier molecular flexibility index (Phi) is 2.56. The number of hydrogen-bond acceptors (Lipinski definition) is 3. The van der Waals surface area contributed by atoms with E-state index in [2.05, 4.69) is 32.3 Å². The van der Waals surface area contributed by atoms with E-state index in [-0.39, 0.29) is 5.97 Å². The molecule has 3 N–H and O–H groups in total. The SMILES string of the molecule is COC(=O)c1cc2cc(I)c(N)cc2[nH]1. The molecule has 1 aromatic carbocycles. The van der Waals surface area contributed by atoms with Crippen LogP contribution in [0.1, 0.15) is 10.5 Å². The van der Waals surface area contributed by atoms with Crippen LogP contribution in [0.4, 0.5) is 5.69 Å². The Bertz CT molecular complexity index is 494. The number of aromatic nitrogens is 1. The van der Waals surface area contributed by atoms with E-state index < -0.39 is 0 Å². The first kappa shape index (κ1) is 10.3. The van der Waals surface area contributed by atoms with Crippen LogP contribution in [0.15, 0.2) is 18.2 Å². The Balaban J connectivity index is 2.61. The number of rotatable bonds is 1. The molecular weight excluding hydrogens is 307 g/mol. The summed E-state index contributed by atoms with van der Waals surface area (Å²) in [6, 6.07) is 5.49. The molecule has 0 saturated heterocycles. The molecule has 0 amide bonds. The summed E-state index contributed by atoms with van der Waals surface area (Å²) < 4.78 is 5.59. The lowest BCUT2D eigenvalue weighted by Gasteiger charge is -1.96. The van der Waals surface area contributed by atoms with E-state index in [0.29, 0.717) is 11.4 Å². The van der Waals surface area contributed by atoms with Gasteiger partial charge < -0.3 is 15.5 Å². The van der Waals surface area contributed by atoms with E-state index in [0.717, 1.165) is 14.5 Å². The summed E-state index contributed by atoms with van der Waals surface area (Å²) in [6.07, 6.45) is 0. The van der Waals surface area contributed by atoms with Crippen LogP contribution in [0.2, 0.25) is 0 Å². The molecule has 0 aliphatic heterocycles. The normalized spacial score (nSPS) is 10.5. The number of ether oxygens (including phenoxy) is 1. The number of nitrogens with one attached hydrogen (secondary N) is 1. The number of carbonyl (C=O) groups is 1. The van der Waals surface area contributed by atoms with Gasteiger partial charge in [-0.2, -0.15) is 0 Å². The number of hydrogen-bond donors (Lipinski definition) is 2. The van der Waals surface area contributed by atoms with E-state index in [9.17, 15) is 4.79 Å². The molecule has 0 spiro atoms. The van der Waals surface area contributed by atoms with Crippen molar-refractivity contribution in [1.29, 1.82) is 0 Å². The first-order valence-electron chi connectivity index (χ1n) is 4.28. The van der Waals surface area contributed by atoms with Crippen molar-refractivity contribution in [2.24, 2.45) is 0 Å². The van der Waals surface area contributed by atoms with Crippen LogP contribution in [0.3, 0.4) is 0 Å². The average Bonchev–Trinajstić information content (AvgIpc) is 2.60. The number of H-pyrrole nitrogens is 1. The second-order valence-electron chi connectivity index (χ2n) is 3.14. The van der Waals surface area contributed by atoms with Crippen LogP contribution in [0.5, 0.6) is 0 Å². The monoisotopic (exact) mass is 316 g/mol. The van der Waals surface area contributed by atoms with Gasteiger partial charge in [0.15, 0.2) is 0 Å². The fourth-order valence-corrected chi connectivity index (χ4v) is 1.88. The largest absolute Gasteiger partial charge is 0.464 e. The molecule has 1 heterocycles. The Morgan fingerprint density at radius 2 is 2.20 bits per heavy atom. The number of methoxy groups -OCH3 is 1. The second-order valence-corrected chi connectivity index (χ2v) is 4.30. The topological polar surface area (TPSA) is 68.1 Å². The molecule has 4 nitrogen and oxygen atoms in total. The number of fused-ring (bicyclic) bond motifs is 1. The Hall–Kier alpha value is -1.24. The zero-order valence-electron chi connectivity index (χ0n) is 8.00. The predicted molar refractivity (Wildman–Crippen MR) is 66.8 cm³/mol. The van der Waals surface area contributed by atoms with Gasteiger partial charge in [0.05, 0.1) is 7.11 Å². The maximum atomic E-state index is 11.3. The number of nitrogens with two attached hydrogens (primary N) is 1. The minimum Gasteiger partial charge on any atom is -0.464 e. The maximum absolute atomic E-state index is 11.3. The molecule has 0 fully saturated rings. The first-order chi connectivity index (χ1) is 7.11. The van der Waals surface area contributed by atoms with Crippen LogP contribution < -0.4 is 5.73 Å². The van der Waals surface area contributed by atoms with Crippen LogP contribution in [-0.4, -0.2) is 18.1 Å². The number of anilines is 1. The molecule has 0 bridgehead atoms. The highest BCUT2D eigenvalue weighted by Gasteiger charge is 2.10. The number of benzene rings is 1. The summed E-state index contributed by atoms with van der Waals surface area (Å²) in [6.45, 7) is 0. The third-order valence-corrected chi connectivity index (χ3v) is 3.08. The number of carbonyl (C=O) groups excluding carboxylic acids is 1. The summed E-state index contributed by atoms with van der Waals surface area (Å²) in [5, 5.41) is 0.953. The molecule has 15 heavy (non-hydrogen) atoms. The molecule has 78 valence electrons. The van der Waals surface area contributed by atoms with E-state index in [4.69, 9.17) is 5.73 Å². The Morgan fingerprint density at radius 1 is 1.47 bits per heavy atom. The molecule has 5 heteroatoms. The van der Waals surface area contributed by atoms with Crippen molar-refractivity contribution in [3.63, 3.8) is 0 Å². The fraction of sp³-hybridized carbons (Fsp3) is 0.100. The van der Waals surface area contributed by atoms with Crippen LogP contribution >= 0.6 is 22.6 Å². The van der Waals surface area contributed by atoms with Crippen LogP contribution in [-0.2, 0) is 4.74 Å². The van der Waals surface area contributed by atoms with E-state index in [1.54, 1.807) is 6.07 Å². The lowest BCUT2D eigenvalue weighted by molar-refractivity contribution is 0.0595. The van der Waals surface area contributed by atoms with Crippen molar-refractivity contribution < 1.29 is 9.53 Å². The van der Waals surface area contributed by atoms with Crippen molar-refractivity contribution in [3.05, 3.63) is 27.5 Å². The molecule has 0 saturated carbocycles. The van der Waals surface area contributed by atoms with Gasteiger partial charge in [-0.05, 0) is 40.8 Å². The highest BCUT2D eigenvalue weighted by Crippen LogP contribution is 2.23. The van der Waals surface area contributed by atoms with Gasteiger partial charge in [0.1, 0.15) is 5.69 Å². The van der Waals surface area contributed by atoms with Crippen LogP contribution in [0, 0.1) is 3.57 Å². The molecule has 0 aliphatic rings. The highest BCUT2D eigenvalue weighted by molar-refractivity contribution is 14.1. The van der Waals surface area contributed by atoms with Gasteiger partial charge in [-0.15, -0.1) is 0 Å². The van der Waals surface area contributed by atoms with Gasteiger partial charge >= 0.3 is 5.97 Å². The number of halogens is 1. The number of esters is 1. The molecule has 0 atom stereocenters. The summed E-state index contributed by atoms with van der Waals surface area (Å²) in [5.41, 5.74) is 7.74. The first-order valence-corrected chi connectivity index (χ1v) is 5.35. The van der Waals surface area contributed by atoms with Crippen molar-refractivity contribution in [2.45, 2.75) is 0 Å². The fourth-order valence-electron chi connectivity index (χ4n) is 1.39. The lowest BCUT2D eigenvalue weighted by Crippen LogP contribution is -2.00. The lowest BCUT2D eigenvalue weighted by atomic mass is 10.2. The summed E-state index contributed by atoms with van der Waals surface area (Å²) in [7, 11) is 1.35. The van der Waals surface area contributed by atoms with Gasteiger partial charge in [-0.25, -0.2) is 4.79 Å². The Morgan fingerprint density at radius 3 is 2.87 bits per heavy atom. The molecular formula is C10H9IN2O2. The summed E-state index contributed by atoms with van der Waals surface area (Å²) in [5.74, 6) is -0.375. The van der Waals surface area contributed by atoms with Crippen molar-refractivity contribution in [3.8, 4) is 0 Å². The Labute approximate surface area is 99.9 Å². The van der Waals surface area contributed by atoms with Crippen molar-refractivity contribution in [2.75, 3.05) is 12.8 Å². The molecule has 0 unspecified atom stereocenters. The minimum atomic E-state index is -0.375. The quantitative estimate of drug-likeness (QED) is 0.481. The minimum absolute atomic E-state index is 0.375. The summed E-state index contributed by atoms with van der Waals surface area (Å²) in [4.78, 5) is 14.2. The predicted octanol–water partition coefficient (Wildman–Crippen LogP) is 2.14.